The third-order valence-electron chi connectivity index (χ3n) is 6.10. The van der Waals surface area contributed by atoms with Gasteiger partial charge in [0.25, 0.3) is 0 Å². The van der Waals surface area contributed by atoms with Crippen molar-refractivity contribution in [3.05, 3.63) is 107 Å². The number of fused-ring (bicyclic) bond motifs is 3. The van der Waals surface area contributed by atoms with Gasteiger partial charge in [-0.3, -0.25) is 9.69 Å². The third-order valence-corrected chi connectivity index (χ3v) is 6.10. The fraction of sp³-hybridized carbons (Fsp3) is 0.179. The van der Waals surface area contributed by atoms with E-state index in [0.717, 1.165) is 39.3 Å². The number of anilines is 1. The maximum atomic E-state index is 13.1. The van der Waals surface area contributed by atoms with Gasteiger partial charge in [0, 0.05) is 31.9 Å². The van der Waals surface area contributed by atoms with E-state index in [1.165, 1.54) is 0 Å². The maximum Gasteiger partial charge on any atom is 0.228 e. The highest BCUT2D eigenvalue weighted by atomic mass is 16.3. The molecule has 0 atom stereocenters. The first-order chi connectivity index (χ1) is 16.1. The molecule has 1 heterocycles. The molecule has 5 rings (SSSR count). The lowest BCUT2D eigenvalue weighted by Gasteiger charge is -2.20. The molecule has 0 unspecified atom stereocenters. The zero-order valence-corrected chi connectivity index (χ0v) is 18.5. The first kappa shape index (κ1) is 20.9. The minimum atomic E-state index is 0.00979. The van der Waals surface area contributed by atoms with E-state index in [0.29, 0.717) is 31.5 Å². The van der Waals surface area contributed by atoms with E-state index in [-0.39, 0.29) is 11.7 Å². The Hall–Kier alpha value is -3.99. The number of rotatable bonds is 6. The summed E-state index contributed by atoms with van der Waals surface area (Å²) in [5, 5.41) is 9.90. The Bertz CT molecular complexity index is 1300. The molecule has 0 fully saturated rings. The Labute approximate surface area is 193 Å². The van der Waals surface area contributed by atoms with Gasteiger partial charge < -0.3 is 5.11 Å². The van der Waals surface area contributed by atoms with E-state index >= 15 is 0 Å². The number of amides is 1. The normalized spacial score (nSPS) is 11.7. The molecule has 0 saturated heterocycles. The summed E-state index contributed by atoms with van der Waals surface area (Å²) in [5.74, 6) is 0.850. The highest BCUT2D eigenvalue weighted by molar-refractivity contribution is 5.93. The zero-order chi connectivity index (χ0) is 22.8. The highest BCUT2D eigenvalue weighted by Crippen LogP contribution is 2.38. The summed E-state index contributed by atoms with van der Waals surface area (Å²) in [4.78, 5) is 24.7. The Balaban J connectivity index is 1.48. The van der Waals surface area contributed by atoms with E-state index in [2.05, 4.69) is 12.1 Å². The second-order valence-corrected chi connectivity index (χ2v) is 8.41. The molecule has 164 valence electrons. The molecule has 3 aromatic carbocycles. The summed E-state index contributed by atoms with van der Waals surface area (Å²) < 4.78 is 0. The van der Waals surface area contributed by atoms with Crippen LogP contribution in [0.3, 0.4) is 0 Å². The van der Waals surface area contributed by atoms with Gasteiger partial charge in [0.1, 0.15) is 5.75 Å². The van der Waals surface area contributed by atoms with Crippen molar-refractivity contribution in [3.8, 4) is 17.0 Å². The van der Waals surface area contributed by atoms with Crippen LogP contribution in [0.15, 0.2) is 78.9 Å². The molecule has 1 aromatic heterocycles. The SMILES string of the molecule is CN(C(=O)CCc1ccccc1)c1nc2c(nc1Cc1ccccc1)-c1ccc(O)cc1C2. The van der Waals surface area contributed by atoms with Crippen molar-refractivity contribution in [3.63, 3.8) is 0 Å². The summed E-state index contributed by atoms with van der Waals surface area (Å²) in [5.41, 5.74) is 6.70. The quantitative estimate of drug-likeness (QED) is 0.410. The maximum absolute atomic E-state index is 13.1. The zero-order valence-electron chi connectivity index (χ0n) is 18.5. The number of benzene rings is 3. The monoisotopic (exact) mass is 435 g/mol. The summed E-state index contributed by atoms with van der Waals surface area (Å²) in [6, 6.07) is 25.5. The van der Waals surface area contributed by atoms with Gasteiger partial charge in [-0.15, -0.1) is 0 Å². The molecule has 5 nitrogen and oxygen atoms in total. The van der Waals surface area contributed by atoms with Crippen molar-refractivity contribution >= 4 is 11.7 Å². The number of aromatic nitrogens is 2. The third kappa shape index (κ3) is 4.35. The number of phenols is 1. The van der Waals surface area contributed by atoms with E-state index in [1.54, 1.807) is 24.1 Å². The van der Waals surface area contributed by atoms with Gasteiger partial charge in [-0.2, -0.15) is 0 Å². The molecule has 1 aliphatic rings. The summed E-state index contributed by atoms with van der Waals surface area (Å²) in [7, 11) is 1.78. The second kappa shape index (κ2) is 8.87. The van der Waals surface area contributed by atoms with Crippen LogP contribution in [-0.4, -0.2) is 28.0 Å². The highest BCUT2D eigenvalue weighted by Gasteiger charge is 2.26. The van der Waals surface area contributed by atoms with Gasteiger partial charge in [-0.05, 0) is 41.3 Å². The number of carbonyl (C=O) groups is 1. The number of hydrogen-bond acceptors (Lipinski definition) is 4. The lowest BCUT2D eigenvalue weighted by atomic mass is 10.1. The van der Waals surface area contributed by atoms with Crippen molar-refractivity contribution in [1.82, 2.24) is 9.97 Å². The van der Waals surface area contributed by atoms with E-state index in [4.69, 9.17) is 9.97 Å². The Morgan fingerprint density at radius 1 is 0.939 bits per heavy atom. The van der Waals surface area contributed by atoms with Crippen LogP contribution in [0.25, 0.3) is 11.3 Å². The molecule has 1 N–H and O–H groups in total. The molecule has 4 aromatic rings. The van der Waals surface area contributed by atoms with Crippen LogP contribution in [0.4, 0.5) is 5.82 Å². The first-order valence-corrected chi connectivity index (χ1v) is 11.1. The molecule has 0 radical (unpaired) electrons. The van der Waals surface area contributed by atoms with E-state index < -0.39 is 0 Å². The van der Waals surface area contributed by atoms with E-state index in [9.17, 15) is 9.90 Å². The van der Waals surface area contributed by atoms with Crippen LogP contribution < -0.4 is 4.90 Å². The van der Waals surface area contributed by atoms with Gasteiger partial charge >= 0.3 is 0 Å². The fourth-order valence-electron chi connectivity index (χ4n) is 4.33. The van der Waals surface area contributed by atoms with Gasteiger partial charge in [0.2, 0.25) is 5.91 Å². The summed E-state index contributed by atoms with van der Waals surface area (Å²) in [6.07, 6.45) is 2.26. The molecule has 1 aliphatic carbocycles. The predicted octanol–water partition coefficient (Wildman–Crippen LogP) is 4.94. The van der Waals surface area contributed by atoms with Crippen LogP contribution in [0.2, 0.25) is 0 Å². The topological polar surface area (TPSA) is 66.3 Å². The number of hydrogen-bond donors (Lipinski definition) is 1. The molecule has 5 heteroatoms. The van der Waals surface area contributed by atoms with Crippen molar-refractivity contribution in [2.24, 2.45) is 0 Å². The summed E-state index contributed by atoms with van der Waals surface area (Å²) in [6.45, 7) is 0. The number of nitrogens with zero attached hydrogens (tertiary/aromatic N) is 3. The number of phenolic OH excluding ortho intramolecular Hbond substituents is 1. The van der Waals surface area contributed by atoms with Gasteiger partial charge in [-0.1, -0.05) is 60.7 Å². The molecular weight excluding hydrogens is 410 g/mol. The molecule has 0 spiro atoms. The lowest BCUT2D eigenvalue weighted by Crippen LogP contribution is -2.29. The van der Waals surface area contributed by atoms with Gasteiger partial charge in [0.15, 0.2) is 5.82 Å². The van der Waals surface area contributed by atoms with Crippen molar-refractivity contribution < 1.29 is 9.90 Å². The van der Waals surface area contributed by atoms with Crippen molar-refractivity contribution in [2.45, 2.75) is 25.7 Å². The lowest BCUT2D eigenvalue weighted by molar-refractivity contribution is -0.118. The van der Waals surface area contributed by atoms with Crippen LogP contribution in [0.5, 0.6) is 5.75 Å². The van der Waals surface area contributed by atoms with Gasteiger partial charge in [0.05, 0.1) is 17.1 Å². The summed E-state index contributed by atoms with van der Waals surface area (Å²) >= 11 is 0. The molecule has 0 aliphatic heterocycles. The molecule has 0 bridgehead atoms. The smallest absolute Gasteiger partial charge is 0.228 e. The first-order valence-electron chi connectivity index (χ1n) is 11.1. The molecule has 33 heavy (non-hydrogen) atoms. The average molecular weight is 436 g/mol. The minimum Gasteiger partial charge on any atom is -0.508 e. The second-order valence-electron chi connectivity index (χ2n) is 8.41. The van der Waals surface area contributed by atoms with Crippen LogP contribution >= 0.6 is 0 Å². The fourth-order valence-corrected chi connectivity index (χ4v) is 4.33. The molecule has 0 saturated carbocycles. The average Bonchev–Trinajstić information content (AvgIpc) is 3.19. The number of aromatic hydroxyl groups is 1. The largest absolute Gasteiger partial charge is 0.508 e. The van der Waals surface area contributed by atoms with Crippen LogP contribution in [-0.2, 0) is 24.1 Å². The Morgan fingerprint density at radius 2 is 1.64 bits per heavy atom. The Morgan fingerprint density at radius 3 is 2.36 bits per heavy atom. The minimum absolute atomic E-state index is 0.00979. The Kier molecular flexibility index (Phi) is 5.61. The van der Waals surface area contributed by atoms with Crippen LogP contribution in [0, 0.1) is 0 Å². The van der Waals surface area contributed by atoms with Crippen molar-refractivity contribution in [1.29, 1.82) is 0 Å². The standard InChI is InChI=1S/C28H25N3O2/c1-31(26(33)15-12-19-8-4-2-5-9-19)28-25(16-20-10-6-3-7-11-20)29-27-23-14-13-22(32)17-21(23)18-24(27)30-28/h2-11,13-14,17,32H,12,15-16,18H2,1H3. The number of aryl methyl sites for hydroxylation is 1. The van der Waals surface area contributed by atoms with Crippen molar-refractivity contribution in [2.75, 3.05) is 11.9 Å². The van der Waals surface area contributed by atoms with Crippen LogP contribution in [0.1, 0.15) is 34.5 Å². The van der Waals surface area contributed by atoms with E-state index in [1.807, 2.05) is 54.6 Å². The van der Waals surface area contributed by atoms with Gasteiger partial charge in [-0.25, -0.2) is 9.97 Å². The molecular formula is C28H25N3O2. The number of carbonyl (C=O) groups excluding carboxylic acids is 1. The predicted molar refractivity (Wildman–Crippen MR) is 129 cm³/mol. The molecule has 1 amide bonds.